The third kappa shape index (κ3) is 5.38. The summed E-state index contributed by atoms with van der Waals surface area (Å²) < 4.78 is 56.1. The van der Waals surface area contributed by atoms with E-state index in [9.17, 15) is 22.4 Å². The standard InChI is InChI=1S/C21H23ClF4N4O.ClH/c22-15-2-1-14(17(23)10-15)11-30-18-12-29(19(31)9-13-3-6-27-7-4-13)8-5-16(18)20(28-30)21(24,25)26;/h1-2,10,13,27H,3-9,11-12H2;1H. The number of aromatic nitrogens is 2. The van der Waals surface area contributed by atoms with Gasteiger partial charge >= 0.3 is 6.18 Å². The molecule has 0 saturated carbocycles. The van der Waals surface area contributed by atoms with Crippen LogP contribution in [-0.4, -0.2) is 40.2 Å². The van der Waals surface area contributed by atoms with Crippen molar-refractivity contribution in [2.24, 2.45) is 5.92 Å². The molecule has 1 fully saturated rings. The minimum Gasteiger partial charge on any atom is -0.336 e. The molecule has 0 radical (unpaired) electrons. The Labute approximate surface area is 194 Å². The van der Waals surface area contributed by atoms with Crippen LogP contribution in [-0.2, 0) is 30.5 Å². The summed E-state index contributed by atoms with van der Waals surface area (Å²) in [5.41, 5.74) is -0.372. The van der Waals surface area contributed by atoms with E-state index in [1.54, 1.807) is 4.90 Å². The SMILES string of the molecule is Cl.O=C(CC1CCNCC1)N1CCc2c(C(F)(F)F)nn(Cc3ccc(Cl)cc3F)c2C1. The predicted molar refractivity (Wildman–Crippen MR) is 114 cm³/mol. The molecule has 0 unspecified atom stereocenters. The topological polar surface area (TPSA) is 50.2 Å². The maximum atomic E-state index is 14.3. The van der Waals surface area contributed by atoms with Crippen LogP contribution < -0.4 is 5.32 Å². The van der Waals surface area contributed by atoms with Crippen LogP contribution in [0, 0.1) is 11.7 Å². The van der Waals surface area contributed by atoms with E-state index in [0.29, 0.717) is 12.1 Å². The molecule has 0 bridgehead atoms. The molecule has 176 valence electrons. The number of nitrogens with one attached hydrogen (secondary N) is 1. The number of carbonyl (C=O) groups excluding carboxylic acids is 1. The summed E-state index contributed by atoms with van der Waals surface area (Å²) in [6, 6.07) is 4.03. The molecule has 1 aromatic heterocycles. The van der Waals surface area contributed by atoms with E-state index in [-0.39, 0.29) is 66.4 Å². The third-order valence-corrected chi connectivity index (χ3v) is 6.25. The first-order valence-electron chi connectivity index (χ1n) is 10.3. The van der Waals surface area contributed by atoms with E-state index in [1.165, 1.54) is 16.8 Å². The number of nitrogens with zero attached hydrogens (tertiary/aromatic N) is 3. The van der Waals surface area contributed by atoms with E-state index in [0.717, 1.165) is 32.0 Å². The van der Waals surface area contributed by atoms with Crippen LogP contribution in [0.4, 0.5) is 17.6 Å². The highest BCUT2D eigenvalue weighted by molar-refractivity contribution is 6.30. The average Bonchev–Trinajstić information content (AvgIpc) is 3.09. The Balaban J connectivity index is 0.00000289. The first-order chi connectivity index (χ1) is 14.7. The van der Waals surface area contributed by atoms with Gasteiger partial charge in [-0.25, -0.2) is 4.39 Å². The number of carbonyl (C=O) groups is 1. The van der Waals surface area contributed by atoms with Crippen molar-refractivity contribution >= 4 is 29.9 Å². The van der Waals surface area contributed by atoms with Crippen LogP contribution in [0.1, 0.15) is 41.8 Å². The average molecular weight is 495 g/mol. The fourth-order valence-corrected chi connectivity index (χ4v) is 4.48. The Bertz CT molecular complexity index is 973. The second kappa shape index (κ2) is 9.97. The summed E-state index contributed by atoms with van der Waals surface area (Å²) in [6.45, 7) is 1.84. The lowest BCUT2D eigenvalue weighted by molar-refractivity contribution is -0.142. The molecule has 0 atom stereocenters. The Kier molecular flexibility index (Phi) is 7.73. The van der Waals surface area contributed by atoms with Gasteiger partial charge in [-0.15, -0.1) is 12.4 Å². The smallest absolute Gasteiger partial charge is 0.336 e. The molecule has 2 aliphatic heterocycles. The molecule has 0 aliphatic carbocycles. The van der Waals surface area contributed by atoms with Crippen molar-refractivity contribution < 1.29 is 22.4 Å². The van der Waals surface area contributed by atoms with E-state index in [2.05, 4.69) is 10.4 Å². The number of rotatable bonds is 4. The minimum atomic E-state index is -4.62. The number of amides is 1. The summed E-state index contributed by atoms with van der Waals surface area (Å²) in [5, 5.41) is 7.23. The summed E-state index contributed by atoms with van der Waals surface area (Å²) >= 11 is 5.77. The molecule has 3 heterocycles. The van der Waals surface area contributed by atoms with Crippen molar-refractivity contribution in [2.45, 2.75) is 44.9 Å². The van der Waals surface area contributed by atoms with Gasteiger partial charge in [-0.2, -0.15) is 18.3 Å². The summed E-state index contributed by atoms with van der Waals surface area (Å²) in [7, 11) is 0. The van der Waals surface area contributed by atoms with Gasteiger partial charge in [0.15, 0.2) is 5.69 Å². The van der Waals surface area contributed by atoms with Gasteiger partial charge in [-0.3, -0.25) is 9.48 Å². The molecule has 2 aromatic rings. The van der Waals surface area contributed by atoms with Crippen molar-refractivity contribution in [3.05, 3.63) is 51.6 Å². The van der Waals surface area contributed by atoms with Crippen molar-refractivity contribution in [3.63, 3.8) is 0 Å². The first kappa shape index (κ1) is 24.8. The van der Waals surface area contributed by atoms with Crippen molar-refractivity contribution in [1.82, 2.24) is 20.0 Å². The van der Waals surface area contributed by atoms with Gasteiger partial charge in [0.2, 0.25) is 5.91 Å². The molecule has 5 nitrogen and oxygen atoms in total. The number of benzene rings is 1. The van der Waals surface area contributed by atoms with Crippen LogP contribution in [0.2, 0.25) is 5.02 Å². The highest BCUT2D eigenvalue weighted by Gasteiger charge is 2.41. The van der Waals surface area contributed by atoms with Crippen molar-refractivity contribution in [2.75, 3.05) is 19.6 Å². The Morgan fingerprint density at radius 1 is 1.25 bits per heavy atom. The number of hydrogen-bond acceptors (Lipinski definition) is 3. The van der Waals surface area contributed by atoms with Gasteiger partial charge in [0.25, 0.3) is 0 Å². The zero-order chi connectivity index (χ0) is 22.2. The largest absolute Gasteiger partial charge is 0.435 e. The summed E-state index contributed by atoms with van der Waals surface area (Å²) in [4.78, 5) is 14.4. The molecule has 0 spiro atoms. The molecule has 1 N–H and O–H groups in total. The van der Waals surface area contributed by atoms with Gasteiger partial charge in [0, 0.05) is 29.1 Å². The summed E-state index contributed by atoms with van der Waals surface area (Å²) in [5.74, 6) is -0.384. The lowest BCUT2D eigenvalue weighted by Gasteiger charge is -2.30. The molecular weight excluding hydrogens is 471 g/mol. The van der Waals surface area contributed by atoms with Gasteiger partial charge < -0.3 is 10.2 Å². The van der Waals surface area contributed by atoms with Crippen molar-refractivity contribution in [3.8, 4) is 0 Å². The third-order valence-electron chi connectivity index (χ3n) is 6.02. The number of fused-ring (bicyclic) bond motifs is 1. The zero-order valence-corrected chi connectivity index (χ0v) is 18.8. The molecule has 32 heavy (non-hydrogen) atoms. The fraction of sp³-hybridized carbons (Fsp3) is 0.524. The lowest BCUT2D eigenvalue weighted by atomic mass is 9.93. The van der Waals surface area contributed by atoms with Crippen LogP contribution in [0.5, 0.6) is 0 Å². The highest BCUT2D eigenvalue weighted by Crippen LogP contribution is 2.35. The Hall–Kier alpha value is -1.84. The van der Waals surface area contributed by atoms with E-state index in [4.69, 9.17) is 11.6 Å². The number of hydrogen-bond donors (Lipinski definition) is 1. The van der Waals surface area contributed by atoms with E-state index in [1.807, 2.05) is 0 Å². The summed E-state index contributed by atoms with van der Waals surface area (Å²) in [6.07, 6.45) is -2.32. The molecule has 11 heteroatoms. The predicted octanol–water partition coefficient (Wildman–Crippen LogP) is 4.44. The van der Waals surface area contributed by atoms with Crippen LogP contribution in [0.3, 0.4) is 0 Å². The highest BCUT2D eigenvalue weighted by atomic mass is 35.5. The molecule has 1 amide bonds. The second-order valence-electron chi connectivity index (χ2n) is 8.13. The molecule has 1 saturated heterocycles. The Morgan fingerprint density at radius 2 is 1.97 bits per heavy atom. The fourth-order valence-electron chi connectivity index (χ4n) is 4.32. The quantitative estimate of drug-likeness (QED) is 0.639. The first-order valence-corrected chi connectivity index (χ1v) is 10.7. The van der Waals surface area contributed by atoms with Crippen molar-refractivity contribution in [1.29, 1.82) is 0 Å². The van der Waals surface area contributed by atoms with E-state index < -0.39 is 17.7 Å². The van der Waals surface area contributed by atoms with Crippen LogP contribution in [0.25, 0.3) is 0 Å². The zero-order valence-electron chi connectivity index (χ0n) is 17.2. The van der Waals surface area contributed by atoms with E-state index >= 15 is 0 Å². The number of halogens is 6. The molecule has 4 rings (SSSR count). The number of piperidine rings is 1. The van der Waals surface area contributed by atoms with Crippen LogP contribution >= 0.6 is 24.0 Å². The number of alkyl halides is 3. The maximum absolute atomic E-state index is 14.3. The van der Waals surface area contributed by atoms with Gasteiger partial charge in [-0.05, 0) is 50.4 Å². The van der Waals surface area contributed by atoms with Gasteiger partial charge in [0.1, 0.15) is 5.82 Å². The lowest BCUT2D eigenvalue weighted by Crippen LogP contribution is -2.39. The molecular formula is C21H24Cl2F4N4O. The minimum absolute atomic E-state index is 0. The molecule has 1 aromatic carbocycles. The normalized spacial score (nSPS) is 17.1. The molecule has 2 aliphatic rings. The maximum Gasteiger partial charge on any atom is 0.435 e. The van der Waals surface area contributed by atoms with Gasteiger partial charge in [0.05, 0.1) is 18.8 Å². The Morgan fingerprint density at radius 3 is 2.62 bits per heavy atom. The second-order valence-corrected chi connectivity index (χ2v) is 8.56. The van der Waals surface area contributed by atoms with Gasteiger partial charge in [-0.1, -0.05) is 17.7 Å². The van der Waals surface area contributed by atoms with Crippen LogP contribution in [0.15, 0.2) is 18.2 Å². The monoisotopic (exact) mass is 494 g/mol.